The van der Waals surface area contributed by atoms with Crippen LogP contribution in [0, 0.1) is 16.0 Å². The molecule has 1 unspecified atom stereocenters. The Labute approximate surface area is 128 Å². The van der Waals surface area contributed by atoms with Crippen molar-refractivity contribution in [3.63, 3.8) is 0 Å². The van der Waals surface area contributed by atoms with Crippen LogP contribution in [0.4, 0.5) is 5.69 Å². The van der Waals surface area contributed by atoms with Gasteiger partial charge in [-0.2, -0.15) is 0 Å². The van der Waals surface area contributed by atoms with E-state index in [-0.39, 0.29) is 18.2 Å². The molecule has 0 bridgehead atoms. The third-order valence-corrected chi connectivity index (χ3v) is 4.73. The maximum Gasteiger partial charge on any atom is 0.301 e. The predicted molar refractivity (Wildman–Crippen MR) is 83.1 cm³/mol. The van der Waals surface area contributed by atoms with Gasteiger partial charge in [0.05, 0.1) is 15.3 Å². The molecule has 0 saturated heterocycles. The van der Waals surface area contributed by atoms with E-state index in [1.54, 1.807) is 0 Å². The summed E-state index contributed by atoms with van der Waals surface area (Å²) in [5, 5.41) is 21.0. The van der Waals surface area contributed by atoms with Gasteiger partial charge in [0.1, 0.15) is 6.20 Å². The van der Waals surface area contributed by atoms with Gasteiger partial charge in [-0.1, -0.05) is 22.9 Å². The first-order chi connectivity index (χ1) is 9.52. The third kappa shape index (κ3) is 3.28. The standard InChI is InChI=1S/C13H13BrN2O3S/c1-8(6-17)7-20-13-10-4-9(14)2-3-11(10)15-5-12(13)16(18)19/h2-5,8,17H,6-7H2,1H3. The Kier molecular flexibility index (Phi) is 4.95. The van der Waals surface area contributed by atoms with E-state index in [2.05, 4.69) is 20.9 Å². The molecule has 0 aliphatic carbocycles. The third-order valence-electron chi connectivity index (χ3n) is 2.78. The van der Waals surface area contributed by atoms with Crippen LogP contribution in [0.25, 0.3) is 10.9 Å². The summed E-state index contributed by atoms with van der Waals surface area (Å²) in [6, 6.07) is 5.51. The van der Waals surface area contributed by atoms with E-state index in [1.165, 1.54) is 18.0 Å². The zero-order chi connectivity index (χ0) is 14.7. The lowest BCUT2D eigenvalue weighted by molar-refractivity contribution is -0.387. The average Bonchev–Trinajstić information content (AvgIpc) is 2.43. The first kappa shape index (κ1) is 15.2. The van der Waals surface area contributed by atoms with Crippen molar-refractivity contribution in [3.05, 3.63) is 39.0 Å². The molecule has 1 heterocycles. The first-order valence-corrected chi connectivity index (χ1v) is 7.77. The minimum Gasteiger partial charge on any atom is -0.396 e. The molecule has 2 rings (SSSR count). The van der Waals surface area contributed by atoms with Crippen molar-refractivity contribution in [3.8, 4) is 0 Å². The van der Waals surface area contributed by atoms with Crippen LogP contribution in [0.1, 0.15) is 6.92 Å². The molecule has 0 amide bonds. The molecule has 0 saturated carbocycles. The average molecular weight is 357 g/mol. The van der Waals surface area contributed by atoms with Crippen LogP contribution in [-0.2, 0) is 0 Å². The minimum absolute atomic E-state index is 0.00531. The van der Waals surface area contributed by atoms with Crippen molar-refractivity contribution in [1.82, 2.24) is 4.98 Å². The van der Waals surface area contributed by atoms with E-state index in [9.17, 15) is 10.1 Å². The Bertz CT molecular complexity index is 651. The second kappa shape index (κ2) is 6.51. The lowest BCUT2D eigenvalue weighted by Gasteiger charge is -2.10. The molecule has 5 nitrogen and oxygen atoms in total. The van der Waals surface area contributed by atoms with Gasteiger partial charge in [-0.05, 0) is 24.1 Å². The number of hydrogen-bond acceptors (Lipinski definition) is 5. The van der Waals surface area contributed by atoms with Crippen LogP contribution in [0.15, 0.2) is 33.8 Å². The summed E-state index contributed by atoms with van der Waals surface area (Å²) < 4.78 is 0.851. The molecule has 1 aromatic heterocycles. The Morgan fingerprint density at radius 3 is 2.95 bits per heavy atom. The van der Waals surface area contributed by atoms with Gasteiger partial charge < -0.3 is 5.11 Å². The first-order valence-electron chi connectivity index (χ1n) is 5.99. The van der Waals surface area contributed by atoms with Crippen LogP contribution in [0.3, 0.4) is 0 Å². The summed E-state index contributed by atoms with van der Waals surface area (Å²) in [5.41, 5.74) is 0.726. The largest absolute Gasteiger partial charge is 0.396 e. The van der Waals surface area contributed by atoms with Crippen molar-refractivity contribution < 1.29 is 10.0 Å². The molecule has 1 atom stereocenters. The normalized spacial score (nSPS) is 12.6. The van der Waals surface area contributed by atoms with E-state index in [0.717, 1.165) is 15.4 Å². The molecule has 0 aliphatic heterocycles. The van der Waals surface area contributed by atoms with E-state index in [4.69, 9.17) is 5.11 Å². The quantitative estimate of drug-likeness (QED) is 0.502. The van der Waals surface area contributed by atoms with Crippen molar-refractivity contribution in [2.45, 2.75) is 11.8 Å². The van der Waals surface area contributed by atoms with Crippen LogP contribution in [0.5, 0.6) is 0 Å². The zero-order valence-corrected chi connectivity index (χ0v) is 13.1. The molecule has 106 valence electrons. The van der Waals surface area contributed by atoms with E-state index in [1.807, 2.05) is 25.1 Å². The predicted octanol–water partition coefficient (Wildman–Crippen LogP) is 3.63. The maximum atomic E-state index is 11.2. The second-order valence-corrected chi connectivity index (χ2v) is 6.44. The van der Waals surface area contributed by atoms with Crippen molar-refractivity contribution >= 4 is 44.3 Å². The fraction of sp³-hybridized carbons (Fsp3) is 0.308. The molecule has 0 spiro atoms. The number of thioether (sulfide) groups is 1. The van der Waals surface area contributed by atoms with Gasteiger partial charge >= 0.3 is 5.69 Å². The van der Waals surface area contributed by atoms with Gasteiger partial charge in [-0.15, -0.1) is 11.8 Å². The van der Waals surface area contributed by atoms with Crippen LogP contribution in [-0.4, -0.2) is 27.4 Å². The highest BCUT2D eigenvalue weighted by molar-refractivity contribution is 9.10. The fourth-order valence-corrected chi connectivity index (χ4v) is 3.20. The van der Waals surface area contributed by atoms with Gasteiger partial charge in [0.15, 0.2) is 0 Å². The Morgan fingerprint density at radius 2 is 2.30 bits per heavy atom. The minimum atomic E-state index is -0.417. The maximum absolute atomic E-state index is 11.2. The van der Waals surface area contributed by atoms with Crippen molar-refractivity contribution in [2.75, 3.05) is 12.4 Å². The lowest BCUT2D eigenvalue weighted by atomic mass is 10.2. The SMILES string of the molecule is CC(CO)CSc1c([N+](=O)[O-])cnc2ccc(Br)cc12. The second-order valence-electron chi connectivity index (χ2n) is 4.49. The molecule has 0 radical (unpaired) electrons. The summed E-state index contributed by atoms with van der Waals surface area (Å²) in [6.07, 6.45) is 1.29. The topological polar surface area (TPSA) is 76.3 Å². The number of rotatable bonds is 5. The number of benzene rings is 1. The molecular formula is C13H13BrN2O3S. The highest BCUT2D eigenvalue weighted by Gasteiger charge is 2.19. The smallest absolute Gasteiger partial charge is 0.301 e. The summed E-state index contributed by atoms with van der Waals surface area (Å²) in [4.78, 5) is 15.5. The van der Waals surface area contributed by atoms with Gasteiger partial charge in [0, 0.05) is 22.2 Å². The van der Waals surface area contributed by atoms with Gasteiger partial charge in [0.2, 0.25) is 0 Å². The number of aliphatic hydroxyl groups is 1. The molecular weight excluding hydrogens is 344 g/mol. The molecule has 20 heavy (non-hydrogen) atoms. The lowest BCUT2D eigenvalue weighted by Crippen LogP contribution is -2.04. The summed E-state index contributed by atoms with van der Waals surface area (Å²) in [6.45, 7) is 1.96. The number of hydrogen-bond donors (Lipinski definition) is 1. The van der Waals surface area contributed by atoms with Gasteiger partial charge in [-0.3, -0.25) is 10.1 Å². The highest BCUT2D eigenvalue weighted by atomic mass is 79.9. The van der Waals surface area contributed by atoms with Crippen molar-refractivity contribution in [1.29, 1.82) is 0 Å². The number of aliphatic hydroxyl groups excluding tert-OH is 1. The van der Waals surface area contributed by atoms with Crippen LogP contribution < -0.4 is 0 Å². The van der Waals surface area contributed by atoms with Crippen LogP contribution in [0.2, 0.25) is 0 Å². The summed E-state index contributed by atoms with van der Waals surface area (Å²) in [5.74, 6) is 0.693. The van der Waals surface area contributed by atoms with E-state index < -0.39 is 4.92 Å². The van der Waals surface area contributed by atoms with Gasteiger partial charge in [0.25, 0.3) is 0 Å². The number of aromatic nitrogens is 1. The van der Waals surface area contributed by atoms with Crippen LogP contribution >= 0.6 is 27.7 Å². The zero-order valence-electron chi connectivity index (χ0n) is 10.7. The van der Waals surface area contributed by atoms with E-state index >= 15 is 0 Å². The molecule has 0 aliphatic rings. The monoisotopic (exact) mass is 356 g/mol. The number of fused-ring (bicyclic) bond motifs is 1. The van der Waals surface area contributed by atoms with Gasteiger partial charge in [-0.25, -0.2) is 4.98 Å². The number of nitro groups is 1. The number of pyridine rings is 1. The number of halogens is 1. The molecule has 1 N–H and O–H groups in total. The molecule has 2 aromatic rings. The molecule has 7 heteroatoms. The van der Waals surface area contributed by atoms with Crippen molar-refractivity contribution in [2.24, 2.45) is 5.92 Å². The van der Waals surface area contributed by atoms with E-state index in [0.29, 0.717) is 10.6 Å². The molecule has 0 fully saturated rings. The highest BCUT2D eigenvalue weighted by Crippen LogP contribution is 2.36. The Morgan fingerprint density at radius 1 is 1.55 bits per heavy atom. The fourth-order valence-electron chi connectivity index (χ4n) is 1.69. The summed E-state index contributed by atoms with van der Waals surface area (Å²) >= 11 is 4.76. The molecule has 1 aromatic carbocycles. The summed E-state index contributed by atoms with van der Waals surface area (Å²) in [7, 11) is 0. The Balaban J connectivity index is 2.52. The Hall–Kier alpha value is -1.18. The number of nitrogens with zero attached hydrogens (tertiary/aromatic N) is 2.